The average molecular weight is 302 g/mol. The van der Waals surface area contributed by atoms with Crippen LogP contribution >= 0.6 is 0 Å². The molecule has 2 nitrogen and oxygen atoms in total. The summed E-state index contributed by atoms with van der Waals surface area (Å²) in [6.07, 6.45) is 8.42. The van der Waals surface area contributed by atoms with E-state index in [2.05, 4.69) is 0 Å². The lowest BCUT2D eigenvalue weighted by Gasteiger charge is -2.13. The number of Topliss-reactive ketones (excluding diaryl/α,β-unsaturated/α-hetero) is 2. The lowest BCUT2D eigenvalue weighted by molar-refractivity contribution is 0.0950. The minimum atomic E-state index is 0.0416. The van der Waals surface area contributed by atoms with E-state index in [1.54, 1.807) is 0 Å². The van der Waals surface area contributed by atoms with E-state index >= 15 is 0 Å². The predicted molar refractivity (Wildman–Crippen MR) is 93.4 cm³/mol. The van der Waals surface area contributed by atoms with Crippen LogP contribution in [0.25, 0.3) is 12.2 Å². The summed E-state index contributed by atoms with van der Waals surface area (Å²) in [7, 11) is 0. The molecule has 2 aromatic rings. The molecule has 0 spiro atoms. The molecule has 0 saturated carbocycles. The number of fused-ring (bicyclic) bond motifs is 2. The number of rotatable bonds is 0. The van der Waals surface area contributed by atoms with Crippen molar-refractivity contribution < 1.29 is 9.59 Å². The van der Waals surface area contributed by atoms with Crippen LogP contribution < -0.4 is 0 Å². The number of allylic oxidation sites excluding steroid dienone is 2. The summed E-state index contributed by atoms with van der Waals surface area (Å²) in [5.41, 5.74) is 3.80. The number of carbonyl (C=O) groups excluding carboxylic acids is 2. The molecule has 1 unspecified atom stereocenters. The quantitative estimate of drug-likeness (QED) is 0.699. The summed E-state index contributed by atoms with van der Waals surface area (Å²) < 4.78 is 0. The second kappa shape index (κ2) is 6.57. The van der Waals surface area contributed by atoms with Gasteiger partial charge in [0.2, 0.25) is 0 Å². The Morgan fingerprint density at radius 1 is 0.826 bits per heavy atom. The largest absolute Gasteiger partial charge is 0.294 e. The van der Waals surface area contributed by atoms with E-state index in [0.29, 0.717) is 6.42 Å². The Labute approximate surface area is 136 Å². The maximum atomic E-state index is 11.6. The minimum Gasteiger partial charge on any atom is -0.294 e. The van der Waals surface area contributed by atoms with Crippen molar-refractivity contribution in [2.45, 2.75) is 13.3 Å². The third-order valence-electron chi connectivity index (χ3n) is 4.07. The van der Waals surface area contributed by atoms with Crippen LogP contribution in [0.4, 0.5) is 0 Å². The Balaban J connectivity index is 0.000000136. The SMILES string of the molecule is CC1C=Cc2ccccc2C1=O.O=C1CC=Cc2ccccc21. The van der Waals surface area contributed by atoms with Crippen molar-refractivity contribution in [3.05, 3.63) is 82.9 Å². The van der Waals surface area contributed by atoms with Gasteiger partial charge < -0.3 is 0 Å². The standard InChI is InChI=1S/C11H10O.C10H8O/c1-8-6-7-9-4-2-3-5-10(9)11(8)12;11-10-7-3-5-8-4-1-2-6-9(8)10/h2-8H,1H3;1-6H,7H2. The van der Waals surface area contributed by atoms with Gasteiger partial charge in [0.15, 0.2) is 11.6 Å². The minimum absolute atomic E-state index is 0.0416. The summed E-state index contributed by atoms with van der Waals surface area (Å²) in [5.74, 6) is 0.496. The first-order valence-corrected chi connectivity index (χ1v) is 7.77. The first-order valence-electron chi connectivity index (χ1n) is 7.77. The average Bonchev–Trinajstić information content (AvgIpc) is 2.60. The van der Waals surface area contributed by atoms with Crippen molar-refractivity contribution >= 4 is 23.7 Å². The third-order valence-corrected chi connectivity index (χ3v) is 4.07. The van der Waals surface area contributed by atoms with Crippen LogP contribution in [0.3, 0.4) is 0 Å². The smallest absolute Gasteiger partial charge is 0.170 e. The number of hydrogen-bond acceptors (Lipinski definition) is 2. The number of hydrogen-bond donors (Lipinski definition) is 0. The maximum Gasteiger partial charge on any atom is 0.170 e. The van der Waals surface area contributed by atoms with Crippen molar-refractivity contribution in [2.75, 3.05) is 0 Å². The van der Waals surface area contributed by atoms with Crippen molar-refractivity contribution in [1.82, 2.24) is 0 Å². The van der Waals surface area contributed by atoms with E-state index in [-0.39, 0.29) is 17.5 Å². The highest BCUT2D eigenvalue weighted by atomic mass is 16.1. The summed E-state index contributed by atoms with van der Waals surface area (Å²) in [4.78, 5) is 22.8. The molecule has 23 heavy (non-hydrogen) atoms. The molecule has 0 aliphatic heterocycles. The highest BCUT2D eigenvalue weighted by Crippen LogP contribution is 2.22. The fourth-order valence-electron chi connectivity index (χ4n) is 2.75. The van der Waals surface area contributed by atoms with Gasteiger partial charge in [0.1, 0.15) is 0 Å². The number of ketones is 2. The molecule has 0 amide bonds. The number of carbonyl (C=O) groups is 2. The second-order valence-corrected chi connectivity index (χ2v) is 5.72. The number of benzene rings is 2. The first kappa shape index (κ1) is 15.2. The Bertz CT molecular complexity index is 812. The molecule has 0 saturated heterocycles. The van der Waals surface area contributed by atoms with Crippen LogP contribution in [0.5, 0.6) is 0 Å². The Kier molecular flexibility index (Phi) is 4.33. The van der Waals surface area contributed by atoms with E-state index < -0.39 is 0 Å². The molecule has 114 valence electrons. The zero-order valence-corrected chi connectivity index (χ0v) is 13.0. The van der Waals surface area contributed by atoms with E-state index in [1.165, 1.54) is 0 Å². The van der Waals surface area contributed by atoms with Crippen LogP contribution in [0.15, 0.2) is 60.7 Å². The maximum absolute atomic E-state index is 11.6. The molecule has 0 bridgehead atoms. The summed E-state index contributed by atoms with van der Waals surface area (Å²) in [6, 6.07) is 15.4. The van der Waals surface area contributed by atoms with Gasteiger partial charge in [-0.05, 0) is 11.1 Å². The lowest BCUT2D eigenvalue weighted by atomic mass is 9.90. The Hall–Kier alpha value is -2.74. The van der Waals surface area contributed by atoms with Gasteiger partial charge in [-0.15, -0.1) is 0 Å². The zero-order chi connectivity index (χ0) is 16.2. The van der Waals surface area contributed by atoms with Crippen LogP contribution in [-0.2, 0) is 0 Å². The first-order chi connectivity index (χ1) is 11.2. The summed E-state index contributed by atoms with van der Waals surface area (Å²) in [6.45, 7) is 1.93. The van der Waals surface area contributed by atoms with Gasteiger partial charge in [0, 0.05) is 23.5 Å². The van der Waals surface area contributed by atoms with Gasteiger partial charge in [-0.25, -0.2) is 0 Å². The van der Waals surface area contributed by atoms with Crippen molar-refractivity contribution in [2.24, 2.45) is 5.92 Å². The van der Waals surface area contributed by atoms with Crippen LogP contribution in [-0.4, -0.2) is 11.6 Å². The molecule has 0 N–H and O–H groups in total. The Morgan fingerprint density at radius 3 is 2.13 bits per heavy atom. The normalized spacial score (nSPS) is 17.9. The third kappa shape index (κ3) is 3.21. The summed E-state index contributed by atoms with van der Waals surface area (Å²) in [5, 5.41) is 0. The van der Waals surface area contributed by atoms with E-state index in [1.807, 2.05) is 79.8 Å². The lowest BCUT2D eigenvalue weighted by Crippen LogP contribution is -2.13. The van der Waals surface area contributed by atoms with Gasteiger partial charge in [0.25, 0.3) is 0 Å². The van der Waals surface area contributed by atoms with Gasteiger partial charge in [-0.1, -0.05) is 79.8 Å². The van der Waals surface area contributed by atoms with Crippen LogP contribution in [0.2, 0.25) is 0 Å². The fraction of sp³-hybridized carbons (Fsp3) is 0.143. The highest BCUT2D eigenvalue weighted by molar-refractivity contribution is 6.04. The van der Waals surface area contributed by atoms with E-state index in [4.69, 9.17) is 0 Å². The molecule has 2 aliphatic carbocycles. The van der Waals surface area contributed by atoms with Crippen LogP contribution in [0.1, 0.15) is 45.2 Å². The van der Waals surface area contributed by atoms with E-state index in [9.17, 15) is 9.59 Å². The van der Waals surface area contributed by atoms with Crippen molar-refractivity contribution in [3.63, 3.8) is 0 Å². The van der Waals surface area contributed by atoms with Crippen LogP contribution in [0, 0.1) is 5.92 Å². The molecular weight excluding hydrogens is 284 g/mol. The van der Waals surface area contributed by atoms with Gasteiger partial charge in [0.05, 0.1) is 0 Å². The molecule has 2 aromatic carbocycles. The van der Waals surface area contributed by atoms with Gasteiger partial charge in [-0.2, -0.15) is 0 Å². The highest BCUT2D eigenvalue weighted by Gasteiger charge is 2.18. The van der Waals surface area contributed by atoms with Crippen molar-refractivity contribution in [1.29, 1.82) is 0 Å². The van der Waals surface area contributed by atoms with Gasteiger partial charge in [-0.3, -0.25) is 9.59 Å². The molecule has 4 rings (SSSR count). The molecular formula is C21H18O2. The molecule has 0 fully saturated rings. The topological polar surface area (TPSA) is 34.1 Å². The molecule has 2 heteroatoms. The Morgan fingerprint density at radius 2 is 1.43 bits per heavy atom. The fourth-order valence-corrected chi connectivity index (χ4v) is 2.75. The predicted octanol–water partition coefficient (Wildman–Crippen LogP) is 4.82. The summed E-state index contributed by atoms with van der Waals surface area (Å²) >= 11 is 0. The molecule has 1 atom stereocenters. The molecule has 0 radical (unpaired) electrons. The molecule has 0 heterocycles. The second-order valence-electron chi connectivity index (χ2n) is 5.72. The van der Waals surface area contributed by atoms with E-state index in [0.717, 1.165) is 22.3 Å². The van der Waals surface area contributed by atoms with Crippen molar-refractivity contribution in [3.8, 4) is 0 Å². The molecule has 0 aromatic heterocycles. The monoisotopic (exact) mass is 302 g/mol. The molecule has 2 aliphatic rings. The zero-order valence-electron chi connectivity index (χ0n) is 13.0. The van der Waals surface area contributed by atoms with Gasteiger partial charge >= 0.3 is 0 Å².